The van der Waals surface area contributed by atoms with Crippen molar-refractivity contribution in [3.05, 3.63) is 18.2 Å². The first-order valence-electron chi connectivity index (χ1n) is 6.67. The predicted octanol–water partition coefficient (Wildman–Crippen LogP) is 1.91. The van der Waals surface area contributed by atoms with Crippen molar-refractivity contribution in [2.24, 2.45) is 5.92 Å². The Balaban J connectivity index is 1.71. The molecule has 6 nitrogen and oxygen atoms in total. The normalized spacial score (nSPS) is 15.7. The van der Waals surface area contributed by atoms with Crippen LogP contribution in [0.3, 0.4) is 0 Å². The molecule has 0 aromatic carbocycles. The maximum absolute atomic E-state index is 11.7. The molecule has 0 unspecified atom stereocenters. The maximum Gasteiger partial charge on any atom is 0.410 e. The van der Waals surface area contributed by atoms with Crippen LogP contribution >= 0.6 is 0 Å². The van der Waals surface area contributed by atoms with Gasteiger partial charge in [0, 0.05) is 25.1 Å². The van der Waals surface area contributed by atoms with Crippen molar-refractivity contribution in [2.75, 3.05) is 25.4 Å². The highest BCUT2D eigenvalue weighted by Gasteiger charge is 2.34. The molecule has 1 aromatic heterocycles. The average molecular weight is 279 g/mol. The lowest BCUT2D eigenvalue weighted by Gasteiger charge is -2.39. The fraction of sp³-hybridized carbons (Fsp3) is 0.571. The number of pyridine rings is 1. The first-order chi connectivity index (χ1) is 9.33. The standard InChI is InChI=1S/C14H21N3O3/c1-14(2,3)20-13(18)17-7-10(8-17)9-19-12-6-4-5-11(15)16-12/h4-6,10H,7-9H2,1-3H3,(H2,15,16). The highest BCUT2D eigenvalue weighted by Crippen LogP contribution is 2.20. The summed E-state index contributed by atoms with van der Waals surface area (Å²) >= 11 is 0. The summed E-state index contributed by atoms with van der Waals surface area (Å²) in [6.45, 7) is 7.40. The lowest BCUT2D eigenvalue weighted by Crippen LogP contribution is -2.53. The van der Waals surface area contributed by atoms with Gasteiger partial charge in [-0.25, -0.2) is 4.79 Å². The van der Waals surface area contributed by atoms with Gasteiger partial charge >= 0.3 is 6.09 Å². The van der Waals surface area contributed by atoms with Crippen LogP contribution in [0, 0.1) is 5.92 Å². The van der Waals surface area contributed by atoms with Crippen molar-refractivity contribution in [2.45, 2.75) is 26.4 Å². The number of carbonyl (C=O) groups is 1. The van der Waals surface area contributed by atoms with Crippen LogP contribution in [0.25, 0.3) is 0 Å². The van der Waals surface area contributed by atoms with E-state index in [0.717, 1.165) is 0 Å². The van der Waals surface area contributed by atoms with Gasteiger partial charge in [0.2, 0.25) is 5.88 Å². The second-order valence-electron chi connectivity index (χ2n) is 5.96. The van der Waals surface area contributed by atoms with Crippen LogP contribution in [0.4, 0.5) is 10.6 Å². The molecule has 1 aliphatic heterocycles. The number of ether oxygens (including phenoxy) is 2. The zero-order valence-electron chi connectivity index (χ0n) is 12.1. The Hall–Kier alpha value is -1.98. The Kier molecular flexibility index (Phi) is 4.01. The van der Waals surface area contributed by atoms with Gasteiger partial charge < -0.3 is 20.1 Å². The lowest BCUT2D eigenvalue weighted by molar-refractivity contribution is -0.00806. The number of carbonyl (C=O) groups excluding carboxylic acids is 1. The summed E-state index contributed by atoms with van der Waals surface area (Å²) < 4.78 is 10.8. The van der Waals surface area contributed by atoms with Crippen LogP contribution in [0.1, 0.15) is 20.8 Å². The van der Waals surface area contributed by atoms with E-state index in [0.29, 0.717) is 37.3 Å². The summed E-state index contributed by atoms with van der Waals surface area (Å²) in [6, 6.07) is 5.27. The molecule has 2 rings (SSSR count). The summed E-state index contributed by atoms with van der Waals surface area (Å²) in [5.41, 5.74) is 5.12. The number of hydrogen-bond donors (Lipinski definition) is 1. The fourth-order valence-corrected chi connectivity index (χ4v) is 1.87. The molecule has 110 valence electrons. The highest BCUT2D eigenvalue weighted by atomic mass is 16.6. The minimum absolute atomic E-state index is 0.268. The third-order valence-corrected chi connectivity index (χ3v) is 2.82. The molecule has 1 aromatic rings. The molecule has 0 radical (unpaired) electrons. The van der Waals surface area contributed by atoms with Gasteiger partial charge in [0.1, 0.15) is 11.4 Å². The number of nitrogen functional groups attached to an aromatic ring is 1. The predicted molar refractivity (Wildman–Crippen MR) is 75.4 cm³/mol. The van der Waals surface area contributed by atoms with Gasteiger partial charge in [-0.15, -0.1) is 0 Å². The molecule has 0 saturated carbocycles. The van der Waals surface area contributed by atoms with Gasteiger partial charge in [-0.2, -0.15) is 4.98 Å². The number of amides is 1. The average Bonchev–Trinajstić information content (AvgIpc) is 2.24. The molecule has 1 amide bonds. The van der Waals surface area contributed by atoms with Gasteiger partial charge in [-0.05, 0) is 26.8 Å². The van der Waals surface area contributed by atoms with E-state index in [2.05, 4.69) is 4.98 Å². The number of hydrogen-bond acceptors (Lipinski definition) is 5. The quantitative estimate of drug-likeness (QED) is 0.914. The number of nitrogens with zero attached hydrogens (tertiary/aromatic N) is 2. The van der Waals surface area contributed by atoms with Crippen LogP contribution in [-0.4, -0.2) is 41.3 Å². The van der Waals surface area contributed by atoms with E-state index in [4.69, 9.17) is 15.2 Å². The van der Waals surface area contributed by atoms with Crippen molar-refractivity contribution in [1.82, 2.24) is 9.88 Å². The second kappa shape index (κ2) is 5.56. The van der Waals surface area contributed by atoms with E-state index in [1.165, 1.54) is 0 Å². The van der Waals surface area contributed by atoms with Crippen LogP contribution in [0.15, 0.2) is 18.2 Å². The molecule has 6 heteroatoms. The molecule has 0 aliphatic carbocycles. The largest absolute Gasteiger partial charge is 0.477 e. The zero-order chi connectivity index (χ0) is 14.8. The highest BCUT2D eigenvalue weighted by molar-refractivity contribution is 5.69. The maximum atomic E-state index is 11.7. The Bertz CT molecular complexity index is 479. The number of likely N-dealkylation sites (tertiary alicyclic amines) is 1. The number of aromatic nitrogens is 1. The minimum atomic E-state index is -0.454. The lowest BCUT2D eigenvalue weighted by atomic mass is 10.0. The Morgan fingerprint density at radius 3 is 2.75 bits per heavy atom. The molecule has 1 fully saturated rings. The monoisotopic (exact) mass is 279 g/mol. The van der Waals surface area contributed by atoms with Gasteiger partial charge in [0.15, 0.2) is 0 Å². The van der Waals surface area contributed by atoms with Crippen molar-refractivity contribution >= 4 is 11.9 Å². The van der Waals surface area contributed by atoms with E-state index in [1.807, 2.05) is 20.8 Å². The van der Waals surface area contributed by atoms with E-state index in [-0.39, 0.29) is 6.09 Å². The fourth-order valence-electron chi connectivity index (χ4n) is 1.87. The third kappa shape index (κ3) is 4.01. The van der Waals surface area contributed by atoms with E-state index >= 15 is 0 Å². The molecule has 1 saturated heterocycles. The van der Waals surface area contributed by atoms with Crippen molar-refractivity contribution in [3.63, 3.8) is 0 Å². The zero-order valence-corrected chi connectivity index (χ0v) is 12.1. The minimum Gasteiger partial charge on any atom is -0.477 e. The van der Waals surface area contributed by atoms with Crippen LogP contribution in [-0.2, 0) is 4.74 Å². The Labute approximate surface area is 118 Å². The molecule has 20 heavy (non-hydrogen) atoms. The van der Waals surface area contributed by atoms with Gasteiger partial charge in [-0.3, -0.25) is 0 Å². The molecule has 0 bridgehead atoms. The number of anilines is 1. The number of nitrogens with two attached hydrogens (primary N) is 1. The summed E-state index contributed by atoms with van der Waals surface area (Å²) in [7, 11) is 0. The van der Waals surface area contributed by atoms with Gasteiger partial charge in [0.25, 0.3) is 0 Å². The Morgan fingerprint density at radius 2 is 2.15 bits per heavy atom. The summed E-state index contributed by atoms with van der Waals surface area (Å²) in [5.74, 6) is 1.26. The molecule has 2 N–H and O–H groups in total. The third-order valence-electron chi connectivity index (χ3n) is 2.82. The molecular weight excluding hydrogens is 258 g/mol. The van der Waals surface area contributed by atoms with Crippen molar-refractivity contribution in [1.29, 1.82) is 0 Å². The van der Waals surface area contributed by atoms with E-state index < -0.39 is 5.60 Å². The SMILES string of the molecule is CC(C)(C)OC(=O)N1CC(COc2cccc(N)n2)C1. The molecule has 0 spiro atoms. The summed E-state index contributed by atoms with van der Waals surface area (Å²) in [6.07, 6.45) is -0.268. The summed E-state index contributed by atoms with van der Waals surface area (Å²) in [5, 5.41) is 0. The molecule has 2 heterocycles. The van der Waals surface area contributed by atoms with Gasteiger partial charge in [-0.1, -0.05) is 6.07 Å². The van der Waals surface area contributed by atoms with E-state index in [1.54, 1.807) is 23.1 Å². The molecule has 1 aliphatic rings. The first kappa shape index (κ1) is 14.4. The van der Waals surface area contributed by atoms with Crippen LogP contribution < -0.4 is 10.5 Å². The smallest absolute Gasteiger partial charge is 0.410 e. The first-order valence-corrected chi connectivity index (χ1v) is 6.67. The van der Waals surface area contributed by atoms with Crippen molar-refractivity contribution in [3.8, 4) is 5.88 Å². The Morgan fingerprint density at radius 1 is 1.45 bits per heavy atom. The second-order valence-corrected chi connectivity index (χ2v) is 5.96. The van der Waals surface area contributed by atoms with Crippen molar-refractivity contribution < 1.29 is 14.3 Å². The molecule has 0 atom stereocenters. The van der Waals surface area contributed by atoms with Crippen LogP contribution in [0.5, 0.6) is 5.88 Å². The van der Waals surface area contributed by atoms with Crippen LogP contribution in [0.2, 0.25) is 0 Å². The molecular formula is C14H21N3O3. The topological polar surface area (TPSA) is 77.7 Å². The summed E-state index contributed by atoms with van der Waals surface area (Å²) in [4.78, 5) is 17.5. The van der Waals surface area contributed by atoms with E-state index in [9.17, 15) is 4.79 Å². The number of rotatable bonds is 3. The van der Waals surface area contributed by atoms with Gasteiger partial charge in [0.05, 0.1) is 6.61 Å².